The molecule has 1 N–H and O–H groups in total. The smallest absolute Gasteiger partial charge is 0.416 e. The van der Waals surface area contributed by atoms with Gasteiger partial charge in [0.15, 0.2) is 11.6 Å². The van der Waals surface area contributed by atoms with Crippen LogP contribution in [0.4, 0.5) is 22.0 Å². The summed E-state index contributed by atoms with van der Waals surface area (Å²) in [6.45, 7) is 0. The molecule has 0 fully saturated rings. The molecule has 0 heterocycles. The minimum Gasteiger partial charge on any atom is -0.467 e. The Morgan fingerprint density at radius 2 is 1.78 bits per heavy atom. The molecule has 1 amide bonds. The van der Waals surface area contributed by atoms with Crippen molar-refractivity contribution in [1.82, 2.24) is 5.32 Å². The van der Waals surface area contributed by atoms with Gasteiger partial charge < -0.3 is 10.1 Å². The number of carbonyl (C=O) groups excluding carboxylic acids is 2. The summed E-state index contributed by atoms with van der Waals surface area (Å²) in [4.78, 5) is 24.1. The molecule has 0 aliphatic carbocycles. The minimum absolute atomic E-state index is 0.130. The predicted molar refractivity (Wildman–Crippen MR) is 84.8 cm³/mol. The van der Waals surface area contributed by atoms with E-state index in [2.05, 4.69) is 10.1 Å². The van der Waals surface area contributed by atoms with Crippen LogP contribution in [0, 0.1) is 11.6 Å². The molecule has 1 atom stereocenters. The second kappa shape index (κ2) is 8.15. The van der Waals surface area contributed by atoms with Gasteiger partial charge in [0.25, 0.3) is 5.91 Å². The van der Waals surface area contributed by atoms with Gasteiger partial charge in [-0.15, -0.1) is 0 Å². The van der Waals surface area contributed by atoms with Gasteiger partial charge in [0.05, 0.1) is 12.7 Å². The molecular formula is C18H14F5NO3. The van der Waals surface area contributed by atoms with Crippen molar-refractivity contribution in [3.63, 3.8) is 0 Å². The quantitative estimate of drug-likeness (QED) is 0.631. The van der Waals surface area contributed by atoms with Crippen LogP contribution < -0.4 is 5.32 Å². The maximum Gasteiger partial charge on any atom is 0.416 e. The van der Waals surface area contributed by atoms with Crippen LogP contribution in [0.15, 0.2) is 42.5 Å². The van der Waals surface area contributed by atoms with Gasteiger partial charge >= 0.3 is 12.1 Å². The van der Waals surface area contributed by atoms with E-state index in [1.165, 1.54) is 12.1 Å². The van der Waals surface area contributed by atoms with Crippen LogP contribution in [-0.4, -0.2) is 25.0 Å². The van der Waals surface area contributed by atoms with E-state index >= 15 is 0 Å². The molecule has 9 heteroatoms. The van der Waals surface area contributed by atoms with Crippen molar-refractivity contribution in [2.75, 3.05) is 7.11 Å². The van der Waals surface area contributed by atoms with Gasteiger partial charge in [-0.1, -0.05) is 18.2 Å². The lowest BCUT2D eigenvalue weighted by Gasteiger charge is -2.17. The Morgan fingerprint density at radius 3 is 2.37 bits per heavy atom. The summed E-state index contributed by atoms with van der Waals surface area (Å²) < 4.78 is 69.2. The van der Waals surface area contributed by atoms with Crippen LogP contribution in [0.3, 0.4) is 0 Å². The third-order valence-electron chi connectivity index (χ3n) is 3.67. The summed E-state index contributed by atoms with van der Waals surface area (Å²) in [6.07, 6.45) is -4.85. The molecule has 2 rings (SSSR count). The SMILES string of the molecule is COC(=O)[C@@H](Cc1cccc(C(F)(F)F)c1)NC(=O)c1ccc(F)c(F)c1. The molecule has 144 valence electrons. The molecule has 0 aliphatic heterocycles. The lowest BCUT2D eigenvalue weighted by molar-refractivity contribution is -0.142. The molecule has 0 saturated carbocycles. The zero-order chi connectivity index (χ0) is 20.2. The zero-order valence-electron chi connectivity index (χ0n) is 13.9. The van der Waals surface area contributed by atoms with Crippen LogP contribution in [0.5, 0.6) is 0 Å². The fourth-order valence-corrected chi connectivity index (χ4v) is 2.32. The number of benzene rings is 2. The molecule has 2 aromatic rings. The summed E-state index contributed by atoms with van der Waals surface area (Å²) in [5.74, 6) is -4.21. The maximum absolute atomic E-state index is 13.3. The number of nitrogens with one attached hydrogen (secondary N) is 1. The fraction of sp³-hybridized carbons (Fsp3) is 0.222. The minimum atomic E-state index is -4.56. The van der Waals surface area contributed by atoms with E-state index in [-0.39, 0.29) is 17.5 Å². The Bertz CT molecular complexity index is 851. The third kappa shape index (κ3) is 5.25. The summed E-state index contributed by atoms with van der Waals surface area (Å²) in [5.41, 5.74) is -1.03. The number of hydrogen-bond acceptors (Lipinski definition) is 3. The molecule has 0 bridgehead atoms. The first-order chi connectivity index (χ1) is 12.6. The molecule has 0 unspecified atom stereocenters. The monoisotopic (exact) mass is 387 g/mol. The van der Waals surface area contributed by atoms with E-state index in [4.69, 9.17) is 0 Å². The maximum atomic E-state index is 13.3. The molecule has 27 heavy (non-hydrogen) atoms. The highest BCUT2D eigenvalue weighted by Gasteiger charge is 2.31. The summed E-state index contributed by atoms with van der Waals surface area (Å²) in [6, 6.07) is 5.31. The zero-order valence-corrected chi connectivity index (χ0v) is 13.9. The van der Waals surface area contributed by atoms with Crippen molar-refractivity contribution in [3.8, 4) is 0 Å². The number of carbonyl (C=O) groups is 2. The predicted octanol–water partition coefficient (Wildman–Crippen LogP) is 3.50. The van der Waals surface area contributed by atoms with Crippen LogP contribution in [0.1, 0.15) is 21.5 Å². The van der Waals surface area contributed by atoms with Crippen molar-refractivity contribution in [2.24, 2.45) is 0 Å². The number of amides is 1. The summed E-state index contributed by atoms with van der Waals surface area (Å²) in [5, 5.41) is 2.25. The number of methoxy groups -OCH3 is 1. The van der Waals surface area contributed by atoms with Crippen LogP contribution in [-0.2, 0) is 22.1 Å². The van der Waals surface area contributed by atoms with E-state index in [0.29, 0.717) is 6.07 Å². The molecule has 0 radical (unpaired) electrons. The molecule has 2 aromatic carbocycles. The highest BCUT2D eigenvalue weighted by Crippen LogP contribution is 2.29. The van der Waals surface area contributed by atoms with Crippen LogP contribution in [0.25, 0.3) is 0 Å². The van der Waals surface area contributed by atoms with Crippen LogP contribution in [0.2, 0.25) is 0 Å². The van der Waals surface area contributed by atoms with Crippen molar-refractivity contribution in [2.45, 2.75) is 18.6 Å². The van der Waals surface area contributed by atoms with E-state index in [1.54, 1.807) is 0 Å². The molecular weight excluding hydrogens is 373 g/mol. The largest absolute Gasteiger partial charge is 0.467 e. The Kier molecular flexibility index (Phi) is 6.14. The molecule has 0 saturated heterocycles. The van der Waals surface area contributed by atoms with Crippen molar-refractivity contribution >= 4 is 11.9 Å². The van der Waals surface area contributed by atoms with Gasteiger partial charge in [-0.05, 0) is 29.8 Å². The molecule has 4 nitrogen and oxygen atoms in total. The highest BCUT2D eigenvalue weighted by atomic mass is 19.4. The topological polar surface area (TPSA) is 55.4 Å². The number of halogens is 5. The Hall–Kier alpha value is -2.97. The molecule has 0 aromatic heterocycles. The van der Waals surface area contributed by atoms with E-state index in [9.17, 15) is 31.5 Å². The average molecular weight is 387 g/mol. The van der Waals surface area contributed by atoms with E-state index in [1.807, 2.05) is 0 Å². The molecule has 0 spiro atoms. The Labute approximate surface area is 150 Å². The highest BCUT2D eigenvalue weighted by molar-refractivity contribution is 5.96. The number of esters is 1. The van der Waals surface area contributed by atoms with Crippen LogP contribution >= 0.6 is 0 Å². The first-order valence-electron chi connectivity index (χ1n) is 7.61. The number of ether oxygens (including phenoxy) is 1. The number of alkyl halides is 3. The second-order valence-corrected chi connectivity index (χ2v) is 5.58. The van der Waals surface area contributed by atoms with Crippen molar-refractivity contribution in [1.29, 1.82) is 0 Å². The molecule has 0 aliphatic rings. The number of hydrogen-bond donors (Lipinski definition) is 1. The number of rotatable bonds is 5. The van der Waals surface area contributed by atoms with Gasteiger partial charge in [-0.25, -0.2) is 13.6 Å². The van der Waals surface area contributed by atoms with Gasteiger partial charge in [0, 0.05) is 12.0 Å². The second-order valence-electron chi connectivity index (χ2n) is 5.58. The van der Waals surface area contributed by atoms with Gasteiger partial charge in [0.2, 0.25) is 0 Å². The lowest BCUT2D eigenvalue weighted by Crippen LogP contribution is -2.43. The summed E-state index contributed by atoms with van der Waals surface area (Å²) in [7, 11) is 1.05. The fourth-order valence-electron chi connectivity index (χ4n) is 2.32. The standard InChI is InChI=1S/C18H14F5NO3/c1-27-17(26)15(8-10-3-2-4-12(7-10)18(21,22)23)24-16(25)11-5-6-13(19)14(20)9-11/h2-7,9,15H,8H2,1H3,(H,24,25)/t15-/m1/s1. The van der Waals surface area contributed by atoms with Gasteiger partial charge in [0.1, 0.15) is 6.04 Å². The first-order valence-corrected chi connectivity index (χ1v) is 7.61. The van der Waals surface area contributed by atoms with Gasteiger partial charge in [-0.2, -0.15) is 13.2 Å². The lowest BCUT2D eigenvalue weighted by atomic mass is 10.0. The summed E-state index contributed by atoms with van der Waals surface area (Å²) >= 11 is 0. The van der Waals surface area contributed by atoms with E-state index in [0.717, 1.165) is 31.4 Å². The Balaban J connectivity index is 2.22. The first kappa shape index (κ1) is 20.3. The van der Waals surface area contributed by atoms with E-state index < -0.39 is 41.3 Å². The normalized spacial score (nSPS) is 12.4. The third-order valence-corrected chi connectivity index (χ3v) is 3.67. The average Bonchev–Trinajstić information content (AvgIpc) is 2.62. The van der Waals surface area contributed by atoms with Crippen molar-refractivity contribution in [3.05, 3.63) is 70.8 Å². The Morgan fingerprint density at radius 1 is 1.07 bits per heavy atom. The van der Waals surface area contributed by atoms with Gasteiger partial charge in [-0.3, -0.25) is 4.79 Å². The van der Waals surface area contributed by atoms with Crippen molar-refractivity contribution < 1.29 is 36.3 Å².